The first-order chi connectivity index (χ1) is 8.62. The molecule has 0 bridgehead atoms. The van der Waals surface area contributed by atoms with Crippen molar-refractivity contribution in [1.29, 1.82) is 0 Å². The fourth-order valence-electron chi connectivity index (χ4n) is 1.69. The van der Waals surface area contributed by atoms with Crippen LogP contribution in [0.4, 0.5) is 5.69 Å². The minimum Gasteiger partial charge on any atom is -0.398 e. The molecule has 8 heteroatoms. The molecule has 0 unspecified atom stereocenters. The van der Waals surface area contributed by atoms with E-state index in [4.69, 9.17) is 9.31 Å². The second kappa shape index (κ2) is 4.54. The van der Waals surface area contributed by atoms with Crippen LogP contribution in [0, 0.1) is 10.1 Å². The Labute approximate surface area is 119 Å². The molecule has 102 valence electrons. The van der Waals surface area contributed by atoms with Gasteiger partial charge >= 0.3 is 7.12 Å². The Morgan fingerprint density at radius 3 is 2.26 bits per heavy atom. The van der Waals surface area contributed by atoms with Crippen molar-refractivity contribution < 1.29 is 14.2 Å². The molecule has 2 rings (SSSR count). The van der Waals surface area contributed by atoms with Gasteiger partial charge in [-0.1, -0.05) is 0 Å². The second-order valence-electron chi connectivity index (χ2n) is 5.42. The number of nitro groups is 1. The fraction of sp³-hybridized carbons (Fsp3) is 0.545. The molecular weight excluding hydrogens is 315 g/mol. The van der Waals surface area contributed by atoms with Crippen molar-refractivity contribution in [2.75, 3.05) is 0 Å². The van der Waals surface area contributed by atoms with E-state index in [1.165, 1.54) is 12.1 Å². The highest BCUT2D eigenvalue weighted by atomic mass is 79.9. The van der Waals surface area contributed by atoms with Crippen LogP contribution in [0.15, 0.2) is 16.7 Å². The van der Waals surface area contributed by atoms with E-state index >= 15 is 0 Å². The summed E-state index contributed by atoms with van der Waals surface area (Å²) < 4.78 is 12.0. The van der Waals surface area contributed by atoms with Gasteiger partial charge in [-0.3, -0.25) is 10.1 Å². The average Bonchev–Trinajstić information content (AvgIpc) is 2.47. The SMILES string of the molecule is CC1(C)OB(c2cc([N+](=O)[O-])cc(Br)n2)OC1(C)C. The molecular formula is C11H14BBrN2O4. The molecule has 1 fully saturated rings. The average molecular weight is 329 g/mol. The molecule has 1 aliphatic heterocycles. The Morgan fingerprint density at radius 2 is 1.79 bits per heavy atom. The van der Waals surface area contributed by atoms with E-state index in [1.54, 1.807) is 0 Å². The predicted octanol–water partition coefficient (Wildman–Crippen LogP) is 2.05. The number of halogens is 1. The number of rotatable bonds is 2. The molecule has 19 heavy (non-hydrogen) atoms. The number of hydrogen-bond donors (Lipinski definition) is 0. The van der Waals surface area contributed by atoms with Crippen molar-refractivity contribution in [3.63, 3.8) is 0 Å². The quantitative estimate of drug-likeness (QED) is 0.359. The van der Waals surface area contributed by atoms with E-state index in [0.29, 0.717) is 10.2 Å². The topological polar surface area (TPSA) is 74.5 Å². The Balaban J connectivity index is 2.37. The van der Waals surface area contributed by atoms with E-state index < -0.39 is 23.2 Å². The zero-order valence-corrected chi connectivity index (χ0v) is 12.7. The van der Waals surface area contributed by atoms with Gasteiger partial charge in [0, 0.05) is 12.1 Å². The van der Waals surface area contributed by atoms with Crippen molar-refractivity contribution in [1.82, 2.24) is 4.98 Å². The van der Waals surface area contributed by atoms with Gasteiger partial charge in [0.15, 0.2) is 0 Å². The van der Waals surface area contributed by atoms with Crippen LogP contribution in [-0.4, -0.2) is 28.2 Å². The zero-order chi connectivity index (χ0) is 14.4. The third kappa shape index (κ3) is 2.65. The number of aromatic nitrogens is 1. The summed E-state index contributed by atoms with van der Waals surface area (Å²) in [5.74, 6) is 0. The minimum absolute atomic E-state index is 0.0495. The summed E-state index contributed by atoms with van der Waals surface area (Å²) in [6.07, 6.45) is 0. The summed E-state index contributed by atoms with van der Waals surface area (Å²) in [4.78, 5) is 14.6. The molecule has 1 aromatic heterocycles. The van der Waals surface area contributed by atoms with E-state index in [2.05, 4.69) is 20.9 Å². The van der Waals surface area contributed by atoms with Crippen LogP contribution in [0.1, 0.15) is 27.7 Å². The third-order valence-electron chi connectivity index (χ3n) is 3.50. The van der Waals surface area contributed by atoms with Crippen LogP contribution in [0.5, 0.6) is 0 Å². The Bertz CT molecular complexity index is 519. The molecule has 0 N–H and O–H groups in total. The van der Waals surface area contributed by atoms with Crippen LogP contribution in [0.3, 0.4) is 0 Å². The molecule has 0 radical (unpaired) electrons. The standard InChI is InChI=1S/C11H14BBrN2O4/c1-10(2)11(3,4)19-12(18-10)8-5-7(15(16)17)6-9(13)14-8/h5-6H,1-4H3. The van der Waals surface area contributed by atoms with Crippen LogP contribution in [-0.2, 0) is 9.31 Å². The molecule has 1 saturated heterocycles. The number of hydrogen-bond acceptors (Lipinski definition) is 5. The molecule has 0 aromatic carbocycles. The summed E-state index contributed by atoms with van der Waals surface area (Å²) >= 11 is 3.16. The van der Waals surface area contributed by atoms with Gasteiger partial charge in [-0.15, -0.1) is 0 Å². The van der Waals surface area contributed by atoms with E-state index in [0.717, 1.165) is 0 Å². The fourth-order valence-corrected chi connectivity index (χ4v) is 2.13. The van der Waals surface area contributed by atoms with Crippen LogP contribution < -0.4 is 5.59 Å². The van der Waals surface area contributed by atoms with Gasteiger partial charge in [0.25, 0.3) is 5.69 Å². The van der Waals surface area contributed by atoms with Crippen molar-refractivity contribution in [3.05, 3.63) is 26.9 Å². The maximum Gasteiger partial charge on any atom is 0.514 e. The normalized spacial score (nSPS) is 20.6. The summed E-state index contributed by atoms with van der Waals surface area (Å²) in [7, 11) is -0.707. The third-order valence-corrected chi connectivity index (χ3v) is 3.91. The van der Waals surface area contributed by atoms with Gasteiger partial charge in [-0.05, 0) is 43.6 Å². The summed E-state index contributed by atoms with van der Waals surface area (Å²) in [5.41, 5.74) is -0.668. The molecule has 0 saturated carbocycles. The molecule has 1 aliphatic rings. The zero-order valence-electron chi connectivity index (χ0n) is 11.1. The van der Waals surface area contributed by atoms with Gasteiger partial charge in [0.05, 0.1) is 21.7 Å². The molecule has 0 aliphatic carbocycles. The maximum absolute atomic E-state index is 10.9. The van der Waals surface area contributed by atoms with E-state index in [1.807, 2.05) is 27.7 Å². The monoisotopic (exact) mass is 328 g/mol. The summed E-state index contributed by atoms with van der Waals surface area (Å²) in [5, 5.41) is 10.9. The van der Waals surface area contributed by atoms with Gasteiger partial charge in [0.2, 0.25) is 0 Å². The molecule has 6 nitrogen and oxygen atoms in total. The maximum atomic E-state index is 10.9. The molecule has 2 heterocycles. The predicted molar refractivity (Wildman–Crippen MR) is 74.3 cm³/mol. The van der Waals surface area contributed by atoms with E-state index in [-0.39, 0.29) is 5.69 Å². The van der Waals surface area contributed by atoms with Crippen LogP contribution >= 0.6 is 15.9 Å². The number of nitrogens with zero attached hydrogens (tertiary/aromatic N) is 2. The summed E-state index contributed by atoms with van der Waals surface area (Å²) in [6.45, 7) is 7.66. The highest BCUT2D eigenvalue weighted by Gasteiger charge is 2.52. The van der Waals surface area contributed by atoms with Crippen molar-refractivity contribution in [2.45, 2.75) is 38.9 Å². The van der Waals surface area contributed by atoms with Gasteiger partial charge in [-0.2, -0.15) is 0 Å². The Hall–Kier alpha value is -0.985. The minimum atomic E-state index is -0.707. The Kier molecular flexibility index (Phi) is 3.44. The van der Waals surface area contributed by atoms with Crippen LogP contribution in [0.2, 0.25) is 0 Å². The largest absolute Gasteiger partial charge is 0.514 e. The summed E-state index contributed by atoms with van der Waals surface area (Å²) in [6, 6.07) is 2.71. The lowest BCUT2D eigenvalue weighted by molar-refractivity contribution is -0.384. The van der Waals surface area contributed by atoms with Crippen molar-refractivity contribution in [3.8, 4) is 0 Å². The Morgan fingerprint density at radius 1 is 1.26 bits per heavy atom. The lowest BCUT2D eigenvalue weighted by Gasteiger charge is -2.32. The first kappa shape index (κ1) is 14.4. The van der Waals surface area contributed by atoms with Gasteiger partial charge in [-0.25, -0.2) is 4.98 Å². The van der Waals surface area contributed by atoms with E-state index in [9.17, 15) is 10.1 Å². The molecule has 0 atom stereocenters. The lowest BCUT2D eigenvalue weighted by Crippen LogP contribution is -2.41. The van der Waals surface area contributed by atoms with Gasteiger partial charge < -0.3 is 9.31 Å². The highest BCUT2D eigenvalue weighted by Crippen LogP contribution is 2.36. The lowest BCUT2D eigenvalue weighted by atomic mass is 9.84. The second-order valence-corrected chi connectivity index (χ2v) is 6.23. The van der Waals surface area contributed by atoms with Crippen LogP contribution in [0.25, 0.3) is 0 Å². The number of pyridine rings is 1. The van der Waals surface area contributed by atoms with Crippen molar-refractivity contribution in [2.24, 2.45) is 0 Å². The van der Waals surface area contributed by atoms with Crippen molar-refractivity contribution >= 4 is 34.3 Å². The smallest absolute Gasteiger partial charge is 0.398 e. The first-order valence-electron chi connectivity index (χ1n) is 5.80. The first-order valence-corrected chi connectivity index (χ1v) is 6.59. The van der Waals surface area contributed by atoms with Gasteiger partial charge in [0.1, 0.15) is 4.60 Å². The highest BCUT2D eigenvalue weighted by molar-refractivity contribution is 9.10. The molecule has 1 aromatic rings. The molecule has 0 amide bonds. The molecule has 0 spiro atoms.